The van der Waals surface area contributed by atoms with Crippen LogP contribution in [0.5, 0.6) is 0 Å². The standard InChI is InChI=1S/C23H23FN8OS/c1-13-10-14(2)26-22(25-13)32-19(11-15(3)30-32)27-20(33)12-34-23-29-28-21(31(23)16-8-9-16)17-6-4-5-7-18(17)24/h4-7,10-11,16H,8-9,12H2,1-3H3,(H,27,33). The number of aryl methyl sites for hydroxylation is 3. The van der Waals surface area contributed by atoms with Crippen molar-refractivity contribution in [1.29, 1.82) is 0 Å². The number of carbonyl (C=O) groups is 1. The Morgan fingerprint density at radius 1 is 1.09 bits per heavy atom. The lowest BCUT2D eigenvalue weighted by molar-refractivity contribution is -0.113. The van der Waals surface area contributed by atoms with Gasteiger partial charge < -0.3 is 5.32 Å². The monoisotopic (exact) mass is 478 g/mol. The number of nitrogens with one attached hydrogen (secondary N) is 1. The fourth-order valence-electron chi connectivity index (χ4n) is 3.72. The van der Waals surface area contributed by atoms with Crippen molar-refractivity contribution in [3.8, 4) is 17.3 Å². The third kappa shape index (κ3) is 4.56. The molecule has 1 saturated carbocycles. The molecular formula is C23H23FN8OS. The van der Waals surface area contributed by atoms with Gasteiger partial charge in [-0.2, -0.15) is 9.78 Å². The number of aromatic nitrogens is 7. The number of thioether (sulfide) groups is 1. The van der Waals surface area contributed by atoms with Crippen LogP contribution >= 0.6 is 11.8 Å². The number of hydrogen-bond acceptors (Lipinski definition) is 7. The molecule has 3 aromatic heterocycles. The third-order valence-electron chi connectivity index (χ3n) is 5.28. The van der Waals surface area contributed by atoms with E-state index in [-0.39, 0.29) is 23.5 Å². The SMILES string of the molecule is Cc1cc(C)nc(-n2nc(C)cc2NC(=O)CSc2nnc(-c3ccccc3F)n2C2CC2)n1. The second kappa shape index (κ2) is 8.98. The molecule has 1 fully saturated rings. The van der Waals surface area contributed by atoms with Crippen LogP contribution in [0.2, 0.25) is 0 Å². The van der Waals surface area contributed by atoms with Crippen LogP contribution in [-0.2, 0) is 4.79 Å². The van der Waals surface area contributed by atoms with Crippen molar-refractivity contribution in [2.75, 3.05) is 11.1 Å². The first-order chi connectivity index (χ1) is 16.4. The lowest BCUT2D eigenvalue weighted by Gasteiger charge is -2.10. The predicted octanol–water partition coefficient (Wildman–Crippen LogP) is 4.05. The highest BCUT2D eigenvalue weighted by Gasteiger charge is 2.31. The minimum absolute atomic E-state index is 0.111. The van der Waals surface area contributed by atoms with Gasteiger partial charge in [0.1, 0.15) is 11.6 Å². The lowest BCUT2D eigenvalue weighted by atomic mass is 10.2. The third-order valence-corrected chi connectivity index (χ3v) is 6.23. The zero-order chi connectivity index (χ0) is 23.8. The van der Waals surface area contributed by atoms with Crippen LogP contribution in [0.15, 0.2) is 41.6 Å². The second-order valence-corrected chi connectivity index (χ2v) is 9.20. The van der Waals surface area contributed by atoms with Gasteiger partial charge in [0, 0.05) is 23.5 Å². The van der Waals surface area contributed by atoms with Crippen LogP contribution in [0, 0.1) is 26.6 Å². The summed E-state index contributed by atoms with van der Waals surface area (Å²) in [6.07, 6.45) is 1.96. The number of benzene rings is 1. The van der Waals surface area contributed by atoms with Crippen LogP contribution in [0.25, 0.3) is 17.3 Å². The number of carbonyl (C=O) groups excluding carboxylic acids is 1. The van der Waals surface area contributed by atoms with Gasteiger partial charge in [-0.05, 0) is 51.8 Å². The topological polar surface area (TPSA) is 103 Å². The maximum Gasteiger partial charge on any atom is 0.252 e. The predicted molar refractivity (Wildman–Crippen MR) is 126 cm³/mol. The van der Waals surface area contributed by atoms with Gasteiger partial charge >= 0.3 is 0 Å². The van der Waals surface area contributed by atoms with Crippen LogP contribution < -0.4 is 5.32 Å². The molecule has 5 rings (SSSR count). The summed E-state index contributed by atoms with van der Waals surface area (Å²) in [7, 11) is 0. The van der Waals surface area contributed by atoms with Gasteiger partial charge in [-0.25, -0.2) is 14.4 Å². The maximum atomic E-state index is 14.4. The molecule has 4 aromatic rings. The summed E-state index contributed by atoms with van der Waals surface area (Å²) in [6.45, 7) is 5.61. The van der Waals surface area contributed by atoms with Crippen molar-refractivity contribution in [3.63, 3.8) is 0 Å². The first-order valence-electron chi connectivity index (χ1n) is 10.9. The molecule has 1 amide bonds. The minimum atomic E-state index is -0.344. The van der Waals surface area contributed by atoms with Crippen LogP contribution in [-0.4, -0.2) is 46.2 Å². The lowest BCUT2D eigenvalue weighted by Crippen LogP contribution is -2.18. The van der Waals surface area contributed by atoms with Crippen molar-refractivity contribution in [2.45, 2.75) is 44.8 Å². The normalized spacial score (nSPS) is 13.3. The van der Waals surface area contributed by atoms with Crippen molar-refractivity contribution in [3.05, 3.63) is 59.3 Å². The van der Waals surface area contributed by atoms with Crippen molar-refractivity contribution >= 4 is 23.5 Å². The Bertz CT molecular complexity index is 1360. The smallest absolute Gasteiger partial charge is 0.252 e. The quantitative estimate of drug-likeness (QED) is 0.400. The van der Waals surface area contributed by atoms with Gasteiger partial charge in [-0.15, -0.1) is 10.2 Å². The van der Waals surface area contributed by atoms with E-state index in [0.29, 0.717) is 28.3 Å². The number of nitrogens with zero attached hydrogens (tertiary/aromatic N) is 7. The molecule has 1 aliphatic rings. The molecule has 0 bridgehead atoms. The van der Waals surface area contributed by atoms with Gasteiger partial charge in [0.2, 0.25) is 5.91 Å². The van der Waals surface area contributed by atoms with Crippen LogP contribution in [0.3, 0.4) is 0 Å². The summed E-state index contributed by atoms with van der Waals surface area (Å²) in [5.74, 6) is 0.918. The number of rotatable bonds is 7. The molecular weight excluding hydrogens is 455 g/mol. The highest BCUT2D eigenvalue weighted by Crippen LogP contribution is 2.41. The summed E-state index contributed by atoms with van der Waals surface area (Å²) in [6, 6.07) is 10.4. The molecule has 0 spiro atoms. The molecule has 174 valence electrons. The van der Waals surface area contributed by atoms with E-state index in [1.54, 1.807) is 24.3 Å². The van der Waals surface area contributed by atoms with Gasteiger partial charge in [0.25, 0.3) is 5.95 Å². The number of halogens is 1. The van der Waals surface area contributed by atoms with E-state index < -0.39 is 0 Å². The Kier molecular flexibility index (Phi) is 5.86. The van der Waals surface area contributed by atoms with Crippen molar-refractivity contribution in [2.24, 2.45) is 0 Å². The summed E-state index contributed by atoms with van der Waals surface area (Å²) in [4.78, 5) is 21.7. The summed E-state index contributed by atoms with van der Waals surface area (Å²) >= 11 is 1.27. The average molecular weight is 479 g/mol. The van der Waals surface area contributed by atoms with Crippen LogP contribution in [0.1, 0.15) is 36.0 Å². The van der Waals surface area contributed by atoms with E-state index in [1.807, 2.05) is 31.4 Å². The Morgan fingerprint density at radius 3 is 2.53 bits per heavy atom. The number of anilines is 1. The van der Waals surface area contributed by atoms with E-state index >= 15 is 0 Å². The number of amides is 1. The molecule has 11 heteroatoms. The Labute approximate surface area is 199 Å². The van der Waals surface area contributed by atoms with Gasteiger partial charge in [-0.1, -0.05) is 23.9 Å². The first-order valence-corrected chi connectivity index (χ1v) is 11.9. The van der Waals surface area contributed by atoms with Crippen molar-refractivity contribution < 1.29 is 9.18 Å². The van der Waals surface area contributed by atoms with E-state index in [9.17, 15) is 9.18 Å². The molecule has 9 nitrogen and oxygen atoms in total. The maximum absolute atomic E-state index is 14.4. The largest absolute Gasteiger partial charge is 0.310 e. The molecule has 3 heterocycles. The van der Waals surface area contributed by atoms with Crippen molar-refractivity contribution in [1.82, 2.24) is 34.5 Å². The fraction of sp³-hybridized carbons (Fsp3) is 0.304. The van der Waals surface area contributed by atoms with E-state index in [4.69, 9.17) is 0 Å². The molecule has 0 radical (unpaired) electrons. The van der Waals surface area contributed by atoms with E-state index in [2.05, 4.69) is 30.6 Å². The molecule has 0 atom stereocenters. The van der Waals surface area contributed by atoms with Gasteiger partial charge in [-0.3, -0.25) is 9.36 Å². The number of hydrogen-bond donors (Lipinski definition) is 1. The molecule has 0 unspecified atom stereocenters. The highest BCUT2D eigenvalue weighted by molar-refractivity contribution is 7.99. The van der Waals surface area contributed by atoms with Gasteiger partial charge in [0.15, 0.2) is 11.0 Å². The molecule has 0 aliphatic heterocycles. The highest BCUT2D eigenvalue weighted by atomic mass is 32.2. The fourth-order valence-corrected chi connectivity index (χ4v) is 4.52. The second-order valence-electron chi connectivity index (χ2n) is 8.26. The first kappa shape index (κ1) is 22.2. The average Bonchev–Trinajstić information content (AvgIpc) is 3.43. The van der Waals surface area contributed by atoms with E-state index in [0.717, 1.165) is 29.9 Å². The molecule has 0 saturated heterocycles. The zero-order valence-corrected chi connectivity index (χ0v) is 19.8. The molecule has 1 aromatic carbocycles. The molecule has 34 heavy (non-hydrogen) atoms. The Balaban J connectivity index is 1.33. The minimum Gasteiger partial charge on any atom is -0.310 e. The van der Waals surface area contributed by atoms with E-state index in [1.165, 1.54) is 22.5 Å². The van der Waals surface area contributed by atoms with Crippen LogP contribution in [0.4, 0.5) is 10.2 Å². The molecule has 1 N–H and O–H groups in total. The molecule has 1 aliphatic carbocycles. The Hall–Kier alpha value is -3.60. The summed E-state index contributed by atoms with van der Waals surface area (Å²) in [5, 5.41) is 16.4. The summed E-state index contributed by atoms with van der Waals surface area (Å²) < 4.78 is 17.8. The summed E-state index contributed by atoms with van der Waals surface area (Å²) in [5.41, 5.74) is 2.77. The Morgan fingerprint density at radius 2 is 1.82 bits per heavy atom. The van der Waals surface area contributed by atoms with Gasteiger partial charge in [0.05, 0.1) is 17.0 Å². The zero-order valence-electron chi connectivity index (χ0n) is 19.0.